The van der Waals surface area contributed by atoms with E-state index in [1.807, 2.05) is 0 Å². The van der Waals surface area contributed by atoms with Gasteiger partial charge in [0.1, 0.15) is 17.5 Å². The van der Waals surface area contributed by atoms with Crippen LogP contribution in [0.5, 0.6) is 5.75 Å². The molecule has 0 bridgehead atoms. The van der Waals surface area contributed by atoms with E-state index in [9.17, 15) is 43.7 Å². The molecule has 7 N–H and O–H groups in total. The van der Waals surface area contributed by atoms with Gasteiger partial charge in [-0.05, 0) is 62.7 Å². The first-order chi connectivity index (χ1) is 20.6. The fourth-order valence-electron chi connectivity index (χ4n) is 7.21. The van der Waals surface area contributed by atoms with Crippen LogP contribution in [0.4, 0.5) is 26.2 Å². The van der Waals surface area contributed by atoms with Crippen molar-refractivity contribution in [1.82, 2.24) is 4.90 Å². The minimum atomic E-state index is -2.79. The molecule has 0 spiro atoms. The second-order valence-corrected chi connectivity index (χ2v) is 12.1. The number of aliphatic hydroxyl groups is 2. The number of nitrogens with two attached hydrogens (primary N) is 1. The molecule has 7 atom stereocenters. The van der Waals surface area contributed by atoms with E-state index in [4.69, 9.17) is 5.73 Å². The number of urea groups is 1. The summed E-state index contributed by atoms with van der Waals surface area (Å²) in [6, 6.07) is 4.73. The summed E-state index contributed by atoms with van der Waals surface area (Å²) < 4.78 is 13.6. The molecule has 3 aliphatic carbocycles. The third kappa shape index (κ3) is 4.69. The summed E-state index contributed by atoms with van der Waals surface area (Å²) in [5, 5.41) is 38.9. The quantitative estimate of drug-likeness (QED) is 0.204. The van der Waals surface area contributed by atoms with Crippen LogP contribution in [0.1, 0.15) is 22.3 Å². The van der Waals surface area contributed by atoms with Crippen molar-refractivity contribution in [2.24, 2.45) is 29.4 Å². The number of Topliss-reactive ketones (excluding diaryl/α,β-unsaturated/α-hetero) is 3. The number of likely N-dealkylation sites (N-methyl/N-ethyl adjacent to an activating group) is 1. The van der Waals surface area contributed by atoms with Gasteiger partial charge in [-0.15, -0.1) is 0 Å². The van der Waals surface area contributed by atoms with Gasteiger partial charge in [0.25, 0.3) is 0 Å². The van der Waals surface area contributed by atoms with Crippen LogP contribution in [0, 0.1) is 29.5 Å². The Labute approximate surface area is 251 Å². The molecule has 2 aromatic carbocycles. The Hall–Kier alpha value is -4.40. The number of carbonyl (C=O) groups is 5. The Kier molecular flexibility index (Phi) is 7.72. The number of amides is 3. The molecule has 5 rings (SSSR count). The number of phenolic OH excluding ortho intramolecular Hbond substituents is 1. The summed E-state index contributed by atoms with van der Waals surface area (Å²) >= 11 is 0. The summed E-state index contributed by atoms with van der Waals surface area (Å²) in [7, 11) is 6.52. The van der Waals surface area contributed by atoms with Crippen molar-refractivity contribution < 1.29 is 43.7 Å². The highest BCUT2D eigenvalue weighted by atomic mass is 19.1. The number of nitrogens with one attached hydrogen (secondary N) is 2. The van der Waals surface area contributed by atoms with Gasteiger partial charge in [-0.3, -0.25) is 19.2 Å². The van der Waals surface area contributed by atoms with Gasteiger partial charge in [-0.1, -0.05) is 6.07 Å². The van der Waals surface area contributed by atoms with Gasteiger partial charge < -0.3 is 41.5 Å². The number of hydrogen-bond donors (Lipinski definition) is 6. The number of primary amides is 1. The monoisotopic (exact) mass is 611 g/mol. The molecule has 0 aromatic heterocycles. The Morgan fingerprint density at radius 1 is 1.07 bits per heavy atom. The minimum Gasteiger partial charge on any atom is -0.505 e. The van der Waals surface area contributed by atoms with Crippen molar-refractivity contribution in [3.05, 3.63) is 47.3 Å². The van der Waals surface area contributed by atoms with Gasteiger partial charge in [0, 0.05) is 37.4 Å². The standard InChI is InChI=1S/C30H34FN5O8/c1-35(2)18-11-17(34-29(43)33-14-7-5-6-13(31)10-14)23(37)20-15(18)8-12-9-16-22(36(3)4)25(39)21(28(32)42)27(41)30(16,44)26(40)19(12)24(20)38/h5-7,10-12,16,19,21-22,25,37,39,44H,8-9H2,1-4H3,(H2,32,42)(H2,33,34,43)/t12-,16-,19?,21?,22-,25?,30-/m1/s1. The lowest BCUT2D eigenvalue weighted by Gasteiger charge is -2.55. The van der Waals surface area contributed by atoms with Gasteiger partial charge in [-0.2, -0.15) is 0 Å². The van der Waals surface area contributed by atoms with Crippen LogP contribution in [-0.4, -0.2) is 95.4 Å². The summed E-state index contributed by atoms with van der Waals surface area (Å²) in [6.45, 7) is 0. The van der Waals surface area contributed by atoms with Gasteiger partial charge in [0.05, 0.1) is 23.3 Å². The molecule has 0 saturated heterocycles. The third-order valence-electron chi connectivity index (χ3n) is 9.08. The predicted octanol–water partition coefficient (Wildman–Crippen LogP) is 0.508. The molecule has 2 aromatic rings. The molecule has 2 fully saturated rings. The molecule has 14 heteroatoms. The number of benzene rings is 2. The molecule has 0 aliphatic heterocycles. The van der Waals surface area contributed by atoms with E-state index < -0.39 is 82.3 Å². The molecule has 2 saturated carbocycles. The largest absolute Gasteiger partial charge is 0.505 e. The van der Waals surface area contributed by atoms with E-state index in [2.05, 4.69) is 10.6 Å². The summed E-state index contributed by atoms with van der Waals surface area (Å²) in [4.78, 5) is 69.8. The van der Waals surface area contributed by atoms with Crippen molar-refractivity contribution in [2.75, 3.05) is 43.7 Å². The smallest absolute Gasteiger partial charge is 0.323 e. The highest BCUT2D eigenvalue weighted by Gasteiger charge is 2.69. The average molecular weight is 612 g/mol. The Morgan fingerprint density at radius 3 is 2.34 bits per heavy atom. The maximum Gasteiger partial charge on any atom is 0.323 e. The minimum absolute atomic E-state index is 0.0289. The number of aromatic hydroxyl groups is 1. The van der Waals surface area contributed by atoms with Crippen LogP contribution in [0.25, 0.3) is 0 Å². The second kappa shape index (κ2) is 10.9. The van der Waals surface area contributed by atoms with Crippen molar-refractivity contribution >= 4 is 46.4 Å². The van der Waals surface area contributed by atoms with Crippen molar-refractivity contribution in [3.63, 3.8) is 0 Å². The zero-order valence-electron chi connectivity index (χ0n) is 24.5. The van der Waals surface area contributed by atoms with Gasteiger partial charge in [0.15, 0.2) is 23.0 Å². The van der Waals surface area contributed by atoms with Gasteiger partial charge in [0.2, 0.25) is 5.91 Å². The number of hydrogen-bond acceptors (Lipinski definition) is 10. The van der Waals surface area contributed by atoms with E-state index >= 15 is 0 Å². The fraction of sp³-hybridized carbons (Fsp3) is 0.433. The van der Waals surface area contributed by atoms with Crippen LogP contribution in [0.15, 0.2) is 30.3 Å². The zero-order chi connectivity index (χ0) is 32.4. The number of ketones is 3. The average Bonchev–Trinajstić information content (AvgIpc) is 2.91. The normalized spacial score (nSPS) is 29.4. The number of nitrogens with zero attached hydrogens (tertiary/aromatic N) is 2. The zero-order valence-corrected chi connectivity index (χ0v) is 24.5. The van der Waals surface area contributed by atoms with E-state index in [0.29, 0.717) is 11.3 Å². The van der Waals surface area contributed by atoms with E-state index in [1.165, 1.54) is 29.2 Å². The lowest BCUT2D eigenvalue weighted by atomic mass is 9.52. The Morgan fingerprint density at radius 2 is 1.75 bits per heavy atom. The van der Waals surface area contributed by atoms with E-state index in [1.54, 1.807) is 33.1 Å². The summed E-state index contributed by atoms with van der Waals surface area (Å²) in [5.74, 6) is -11.0. The highest BCUT2D eigenvalue weighted by Crippen LogP contribution is 2.53. The first-order valence-electron chi connectivity index (χ1n) is 14.0. The maximum atomic E-state index is 14.1. The molecule has 44 heavy (non-hydrogen) atoms. The van der Waals surface area contributed by atoms with Crippen molar-refractivity contribution in [2.45, 2.75) is 30.6 Å². The van der Waals surface area contributed by atoms with Crippen LogP contribution < -0.4 is 21.3 Å². The summed E-state index contributed by atoms with van der Waals surface area (Å²) in [5.41, 5.74) is 3.18. The number of fused-ring (bicyclic) bond motifs is 3. The first-order valence-corrected chi connectivity index (χ1v) is 14.0. The SMILES string of the molecule is CN(C)c1cc(NC(=O)Nc2cccc(F)c2)c(O)c2c1C[C@@H]1C[C@@H]3[C@@H](N(C)C)C(O)C(C(N)=O)C(=O)[C@]3(O)C(=O)C1C2=O. The number of rotatable bonds is 5. The Bertz CT molecular complexity index is 1600. The molecular weight excluding hydrogens is 577 g/mol. The molecule has 234 valence electrons. The van der Waals surface area contributed by atoms with Crippen LogP contribution >= 0.6 is 0 Å². The number of aliphatic hydroxyl groups excluding tert-OH is 1. The molecular formula is C30H34FN5O8. The molecule has 3 aliphatic rings. The molecule has 13 nitrogen and oxygen atoms in total. The second-order valence-electron chi connectivity index (χ2n) is 12.1. The maximum absolute atomic E-state index is 14.1. The van der Waals surface area contributed by atoms with Crippen molar-refractivity contribution in [1.29, 1.82) is 0 Å². The summed E-state index contributed by atoms with van der Waals surface area (Å²) in [6.07, 6.45) is -1.53. The van der Waals surface area contributed by atoms with Gasteiger partial charge >= 0.3 is 6.03 Å². The molecule has 3 amide bonds. The van der Waals surface area contributed by atoms with E-state index in [0.717, 1.165) is 6.07 Å². The number of halogens is 1. The number of anilines is 3. The topological polar surface area (TPSA) is 203 Å². The molecule has 0 heterocycles. The van der Waals surface area contributed by atoms with Crippen LogP contribution in [0.3, 0.4) is 0 Å². The Balaban J connectivity index is 1.57. The van der Waals surface area contributed by atoms with Crippen LogP contribution in [-0.2, 0) is 20.8 Å². The van der Waals surface area contributed by atoms with E-state index in [-0.39, 0.29) is 29.8 Å². The first kappa shape index (κ1) is 31.0. The molecule has 3 unspecified atom stereocenters. The highest BCUT2D eigenvalue weighted by molar-refractivity contribution is 6.26. The van der Waals surface area contributed by atoms with Gasteiger partial charge in [-0.25, -0.2) is 9.18 Å². The predicted molar refractivity (Wildman–Crippen MR) is 156 cm³/mol. The van der Waals surface area contributed by atoms with Crippen molar-refractivity contribution in [3.8, 4) is 5.75 Å². The fourth-order valence-corrected chi connectivity index (χ4v) is 7.21. The number of carbonyl (C=O) groups excluding carboxylic acids is 5. The third-order valence-corrected chi connectivity index (χ3v) is 9.08. The number of phenols is 1. The van der Waals surface area contributed by atoms with Crippen LogP contribution in [0.2, 0.25) is 0 Å². The lowest BCUT2D eigenvalue weighted by Crippen LogP contribution is -2.75. The lowest BCUT2D eigenvalue weighted by molar-refractivity contribution is -0.190. The molecule has 0 radical (unpaired) electrons.